The molecule has 0 saturated carbocycles. The van der Waals surface area contributed by atoms with Crippen LogP contribution in [0.1, 0.15) is 23.2 Å². The summed E-state index contributed by atoms with van der Waals surface area (Å²) in [5.74, 6) is 0. The highest BCUT2D eigenvalue weighted by atomic mass is 127. The minimum atomic E-state index is -2.59. The fraction of sp³-hybridized carbons (Fsp3) is 0.333. The van der Waals surface area contributed by atoms with Crippen molar-refractivity contribution in [2.75, 3.05) is 0 Å². The van der Waals surface area contributed by atoms with Crippen molar-refractivity contribution in [3.05, 3.63) is 26.6 Å². The van der Waals surface area contributed by atoms with Gasteiger partial charge in [0.25, 0.3) is 6.43 Å². The van der Waals surface area contributed by atoms with E-state index in [2.05, 4.69) is 4.98 Å². The Kier molecular flexibility index (Phi) is 4.35. The first-order chi connectivity index (χ1) is 7.11. The lowest BCUT2D eigenvalue weighted by Crippen LogP contribution is -2.10. The van der Waals surface area contributed by atoms with Crippen LogP contribution in [0.25, 0.3) is 0 Å². The standard InChI is InChI=1S/C9H8F2IN3/c10-9(11)8-5(3-14)7(1-2-13)15-4-6(8)12/h4,9H,1,3,14H2. The third kappa shape index (κ3) is 2.60. The number of halogens is 3. The van der Waals surface area contributed by atoms with Crippen LogP contribution in [0.5, 0.6) is 0 Å². The summed E-state index contributed by atoms with van der Waals surface area (Å²) in [4.78, 5) is 3.94. The van der Waals surface area contributed by atoms with Crippen LogP contribution in [0, 0.1) is 14.9 Å². The highest BCUT2D eigenvalue weighted by Crippen LogP contribution is 2.29. The van der Waals surface area contributed by atoms with Crippen LogP contribution in [0.3, 0.4) is 0 Å². The van der Waals surface area contributed by atoms with Crippen LogP contribution < -0.4 is 5.73 Å². The van der Waals surface area contributed by atoms with E-state index in [1.54, 1.807) is 22.6 Å². The zero-order valence-electron chi connectivity index (χ0n) is 7.67. The number of nitriles is 1. The van der Waals surface area contributed by atoms with Gasteiger partial charge in [0.2, 0.25) is 0 Å². The SMILES string of the molecule is N#CCc1ncc(I)c(C(F)F)c1CN. The Hall–Kier alpha value is -0.810. The summed E-state index contributed by atoms with van der Waals surface area (Å²) in [5, 5.41) is 8.52. The van der Waals surface area contributed by atoms with Gasteiger partial charge < -0.3 is 5.73 Å². The van der Waals surface area contributed by atoms with Crippen molar-refractivity contribution in [2.45, 2.75) is 19.4 Å². The zero-order valence-corrected chi connectivity index (χ0v) is 9.83. The van der Waals surface area contributed by atoms with E-state index in [1.807, 2.05) is 6.07 Å². The van der Waals surface area contributed by atoms with E-state index in [-0.39, 0.29) is 18.5 Å². The number of rotatable bonds is 3. The molecule has 0 saturated heterocycles. The van der Waals surface area contributed by atoms with Crippen molar-refractivity contribution in [3.8, 4) is 6.07 Å². The molecule has 0 aromatic carbocycles. The molecule has 0 spiro atoms. The quantitative estimate of drug-likeness (QED) is 0.867. The number of aromatic nitrogens is 1. The van der Waals surface area contributed by atoms with Crippen LogP contribution in [-0.4, -0.2) is 4.98 Å². The molecule has 15 heavy (non-hydrogen) atoms. The van der Waals surface area contributed by atoms with Crippen LogP contribution in [-0.2, 0) is 13.0 Å². The molecule has 0 aliphatic carbocycles. The summed E-state index contributed by atoms with van der Waals surface area (Å²) in [7, 11) is 0. The van der Waals surface area contributed by atoms with Crippen molar-refractivity contribution in [3.63, 3.8) is 0 Å². The molecule has 0 aliphatic rings. The summed E-state index contributed by atoms with van der Waals surface area (Å²) in [5.41, 5.74) is 5.94. The van der Waals surface area contributed by atoms with E-state index in [0.717, 1.165) is 0 Å². The molecule has 6 heteroatoms. The molecule has 0 radical (unpaired) electrons. The Labute approximate surface area is 99.4 Å². The largest absolute Gasteiger partial charge is 0.326 e. The lowest BCUT2D eigenvalue weighted by Gasteiger charge is -2.11. The molecule has 1 aromatic rings. The highest BCUT2D eigenvalue weighted by Gasteiger charge is 2.19. The van der Waals surface area contributed by atoms with E-state index >= 15 is 0 Å². The molecule has 3 nitrogen and oxygen atoms in total. The lowest BCUT2D eigenvalue weighted by molar-refractivity contribution is 0.149. The second kappa shape index (κ2) is 5.32. The molecular formula is C9H8F2IN3. The van der Waals surface area contributed by atoms with Gasteiger partial charge in [0.15, 0.2) is 0 Å². The smallest absolute Gasteiger partial charge is 0.265 e. The Bertz CT molecular complexity index is 401. The number of alkyl halides is 2. The Morgan fingerprint density at radius 2 is 2.27 bits per heavy atom. The monoisotopic (exact) mass is 323 g/mol. The first-order valence-electron chi connectivity index (χ1n) is 4.13. The third-order valence-corrected chi connectivity index (χ3v) is 2.79. The van der Waals surface area contributed by atoms with Gasteiger partial charge in [-0.25, -0.2) is 8.78 Å². The van der Waals surface area contributed by atoms with Crippen LogP contribution in [0.2, 0.25) is 0 Å². The van der Waals surface area contributed by atoms with Crippen molar-refractivity contribution >= 4 is 22.6 Å². The molecule has 0 atom stereocenters. The van der Waals surface area contributed by atoms with Gasteiger partial charge in [-0.1, -0.05) is 0 Å². The Balaban J connectivity index is 3.34. The van der Waals surface area contributed by atoms with E-state index in [9.17, 15) is 8.78 Å². The fourth-order valence-corrected chi connectivity index (χ4v) is 1.97. The summed E-state index contributed by atoms with van der Waals surface area (Å²) >= 11 is 1.79. The maximum Gasteiger partial charge on any atom is 0.265 e. The van der Waals surface area contributed by atoms with Gasteiger partial charge in [0, 0.05) is 21.9 Å². The van der Waals surface area contributed by atoms with Crippen molar-refractivity contribution in [1.29, 1.82) is 5.26 Å². The lowest BCUT2D eigenvalue weighted by atomic mass is 10.1. The molecule has 80 valence electrons. The second-order valence-corrected chi connectivity index (χ2v) is 3.95. The maximum absolute atomic E-state index is 12.7. The summed E-state index contributed by atoms with van der Waals surface area (Å²) in [6.07, 6.45) is -1.24. The van der Waals surface area contributed by atoms with Crippen LogP contribution >= 0.6 is 22.6 Å². The first kappa shape index (κ1) is 12.3. The van der Waals surface area contributed by atoms with Gasteiger partial charge in [0.05, 0.1) is 18.2 Å². The van der Waals surface area contributed by atoms with Gasteiger partial charge in [-0.15, -0.1) is 0 Å². The third-order valence-electron chi connectivity index (χ3n) is 1.93. The normalized spacial score (nSPS) is 10.4. The fourth-order valence-electron chi connectivity index (χ4n) is 1.27. The van der Waals surface area contributed by atoms with Gasteiger partial charge in [-0.05, 0) is 28.2 Å². The van der Waals surface area contributed by atoms with Crippen molar-refractivity contribution < 1.29 is 8.78 Å². The molecule has 1 aromatic heterocycles. The van der Waals surface area contributed by atoms with E-state index in [4.69, 9.17) is 11.0 Å². The predicted octanol–water partition coefficient (Wildman–Crippen LogP) is 2.15. The molecule has 0 aliphatic heterocycles. The van der Waals surface area contributed by atoms with Crippen LogP contribution in [0.4, 0.5) is 8.78 Å². The number of hydrogen-bond acceptors (Lipinski definition) is 3. The molecule has 0 amide bonds. The van der Waals surface area contributed by atoms with Gasteiger partial charge in [-0.2, -0.15) is 5.26 Å². The molecule has 0 bridgehead atoms. The molecule has 2 N–H and O–H groups in total. The Morgan fingerprint density at radius 3 is 2.73 bits per heavy atom. The summed E-state index contributed by atoms with van der Waals surface area (Å²) in [6.45, 7) is -0.0273. The predicted molar refractivity (Wildman–Crippen MR) is 59.1 cm³/mol. The number of pyridine rings is 1. The molecule has 0 fully saturated rings. The summed E-state index contributed by atoms with van der Waals surface area (Å²) < 4.78 is 25.8. The average molecular weight is 323 g/mol. The number of hydrogen-bond donors (Lipinski definition) is 1. The maximum atomic E-state index is 12.7. The summed E-state index contributed by atoms with van der Waals surface area (Å²) in [6, 6.07) is 1.88. The topological polar surface area (TPSA) is 62.7 Å². The van der Waals surface area contributed by atoms with Gasteiger partial charge in [0.1, 0.15) is 0 Å². The molecular weight excluding hydrogens is 315 g/mol. The van der Waals surface area contributed by atoms with Crippen LogP contribution in [0.15, 0.2) is 6.20 Å². The average Bonchev–Trinajstić information content (AvgIpc) is 2.19. The van der Waals surface area contributed by atoms with Gasteiger partial charge in [-0.3, -0.25) is 4.98 Å². The second-order valence-electron chi connectivity index (χ2n) is 2.78. The van der Waals surface area contributed by atoms with Crippen molar-refractivity contribution in [1.82, 2.24) is 4.98 Å². The van der Waals surface area contributed by atoms with E-state index < -0.39 is 6.43 Å². The Morgan fingerprint density at radius 1 is 1.60 bits per heavy atom. The van der Waals surface area contributed by atoms with E-state index in [1.165, 1.54) is 6.20 Å². The number of nitrogens with two attached hydrogens (primary N) is 1. The van der Waals surface area contributed by atoms with Crippen molar-refractivity contribution in [2.24, 2.45) is 5.73 Å². The number of nitrogens with zero attached hydrogens (tertiary/aromatic N) is 2. The first-order valence-corrected chi connectivity index (χ1v) is 5.21. The van der Waals surface area contributed by atoms with Gasteiger partial charge >= 0.3 is 0 Å². The molecule has 1 heterocycles. The zero-order chi connectivity index (χ0) is 11.4. The highest BCUT2D eigenvalue weighted by molar-refractivity contribution is 14.1. The van der Waals surface area contributed by atoms with E-state index in [0.29, 0.717) is 14.8 Å². The minimum absolute atomic E-state index is 0.00315. The molecule has 0 unspecified atom stereocenters. The minimum Gasteiger partial charge on any atom is -0.326 e. The molecule has 1 rings (SSSR count).